The van der Waals surface area contributed by atoms with Crippen molar-refractivity contribution in [2.24, 2.45) is 0 Å². The van der Waals surface area contributed by atoms with Gasteiger partial charge in [0.2, 0.25) is 5.89 Å². The second-order valence-electron chi connectivity index (χ2n) is 8.13. The van der Waals surface area contributed by atoms with Gasteiger partial charge in [0.25, 0.3) is 0 Å². The molecule has 0 aliphatic carbocycles. The predicted molar refractivity (Wildman–Crippen MR) is 129 cm³/mol. The zero-order valence-corrected chi connectivity index (χ0v) is 19.0. The van der Waals surface area contributed by atoms with E-state index in [0.29, 0.717) is 17.1 Å². The number of pyridine rings is 1. The summed E-state index contributed by atoms with van der Waals surface area (Å²) >= 11 is 0. The van der Waals surface area contributed by atoms with Crippen molar-refractivity contribution < 1.29 is 22.3 Å². The molecular formula is C28H25F3N2O2. The summed E-state index contributed by atoms with van der Waals surface area (Å²) in [6, 6.07) is 17.0. The molecule has 180 valence electrons. The zero-order chi connectivity index (χ0) is 24.5. The van der Waals surface area contributed by atoms with E-state index < -0.39 is 11.7 Å². The second kappa shape index (κ2) is 11.5. The minimum atomic E-state index is -4.35. The lowest BCUT2D eigenvalue weighted by molar-refractivity contribution is -0.137. The van der Waals surface area contributed by atoms with Crippen molar-refractivity contribution in [1.82, 2.24) is 9.97 Å². The molecule has 2 aromatic carbocycles. The van der Waals surface area contributed by atoms with E-state index in [1.165, 1.54) is 29.5 Å². The van der Waals surface area contributed by atoms with Gasteiger partial charge >= 0.3 is 6.18 Å². The van der Waals surface area contributed by atoms with Gasteiger partial charge in [-0.25, -0.2) is 4.98 Å². The molecule has 0 atom stereocenters. The molecule has 4 nitrogen and oxygen atoms in total. The highest BCUT2D eigenvalue weighted by molar-refractivity contribution is 5.66. The number of rotatable bonds is 10. The summed E-state index contributed by atoms with van der Waals surface area (Å²) < 4.78 is 49.1. The van der Waals surface area contributed by atoms with Crippen molar-refractivity contribution in [3.63, 3.8) is 0 Å². The third-order valence-corrected chi connectivity index (χ3v) is 5.47. The van der Waals surface area contributed by atoms with E-state index >= 15 is 0 Å². The Morgan fingerprint density at radius 1 is 0.800 bits per heavy atom. The molecule has 0 aliphatic heterocycles. The molecule has 0 radical (unpaired) electrons. The highest BCUT2D eigenvalue weighted by Crippen LogP contribution is 2.29. The Labute approximate surface area is 202 Å². The van der Waals surface area contributed by atoms with Crippen molar-refractivity contribution in [2.45, 2.75) is 38.5 Å². The smallest absolute Gasteiger partial charge is 0.416 e. The van der Waals surface area contributed by atoms with Crippen LogP contribution in [0.25, 0.3) is 12.2 Å². The molecule has 2 aromatic heterocycles. The lowest BCUT2D eigenvalue weighted by atomic mass is 10.0. The Balaban J connectivity index is 1.21. The third-order valence-electron chi connectivity index (χ3n) is 5.47. The Hall–Kier alpha value is -3.87. The first-order valence-corrected chi connectivity index (χ1v) is 11.4. The van der Waals surface area contributed by atoms with Crippen LogP contribution in [-0.4, -0.2) is 9.97 Å². The average molecular weight is 479 g/mol. The Bertz CT molecular complexity index is 1220. The van der Waals surface area contributed by atoms with Crippen LogP contribution in [-0.2, 0) is 25.6 Å². The number of nitrogens with zero attached hydrogens (tertiary/aromatic N) is 2. The van der Waals surface area contributed by atoms with Crippen LogP contribution in [0.1, 0.15) is 46.7 Å². The number of ether oxygens (including phenoxy) is 1. The number of benzene rings is 2. The number of oxazole rings is 1. The van der Waals surface area contributed by atoms with Gasteiger partial charge in [0.15, 0.2) is 0 Å². The summed E-state index contributed by atoms with van der Waals surface area (Å²) in [7, 11) is 0. The maximum Gasteiger partial charge on any atom is 0.416 e. The number of unbranched alkanes of at least 4 members (excludes halogenated alkanes) is 1. The van der Waals surface area contributed by atoms with E-state index in [1.807, 2.05) is 24.5 Å². The number of hydrogen-bond acceptors (Lipinski definition) is 4. The van der Waals surface area contributed by atoms with Crippen LogP contribution in [0.2, 0.25) is 0 Å². The molecular weight excluding hydrogens is 453 g/mol. The van der Waals surface area contributed by atoms with Crippen LogP contribution in [0.4, 0.5) is 13.2 Å². The summed E-state index contributed by atoms with van der Waals surface area (Å²) in [5.41, 5.74) is 3.14. The van der Waals surface area contributed by atoms with Crippen LogP contribution >= 0.6 is 0 Å². The zero-order valence-electron chi connectivity index (χ0n) is 19.0. The minimum absolute atomic E-state index is 0.253. The third kappa shape index (κ3) is 7.57. The van der Waals surface area contributed by atoms with Crippen LogP contribution in [0.3, 0.4) is 0 Å². The van der Waals surface area contributed by atoms with Crippen molar-refractivity contribution in [2.75, 3.05) is 0 Å². The molecule has 0 saturated carbocycles. The minimum Gasteiger partial charge on any atom is -0.487 e. The number of aryl methyl sites for hydroxylation is 2. The van der Waals surface area contributed by atoms with Gasteiger partial charge < -0.3 is 9.15 Å². The fourth-order valence-corrected chi connectivity index (χ4v) is 3.53. The number of alkyl halides is 3. The van der Waals surface area contributed by atoms with Crippen molar-refractivity contribution in [3.05, 3.63) is 113 Å². The van der Waals surface area contributed by atoms with Gasteiger partial charge in [0, 0.05) is 18.5 Å². The fourth-order valence-electron chi connectivity index (χ4n) is 3.53. The van der Waals surface area contributed by atoms with E-state index in [2.05, 4.69) is 34.2 Å². The van der Waals surface area contributed by atoms with E-state index in [9.17, 15) is 13.2 Å². The molecule has 0 fully saturated rings. The van der Waals surface area contributed by atoms with E-state index in [0.717, 1.165) is 43.6 Å². The highest BCUT2D eigenvalue weighted by Gasteiger charge is 2.29. The number of hydrogen-bond donors (Lipinski definition) is 0. The van der Waals surface area contributed by atoms with Gasteiger partial charge in [-0.1, -0.05) is 24.3 Å². The normalized spacial score (nSPS) is 11.7. The maximum atomic E-state index is 12.6. The summed E-state index contributed by atoms with van der Waals surface area (Å²) in [6.45, 7) is 0.253. The monoisotopic (exact) mass is 478 g/mol. The standard InChI is InChI=1S/C28H25F3N2O2/c29-28(30,31)24-10-5-23(6-11-24)9-14-27-33-25(20-35-27)19-34-26-12-7-21(8-13-26)3-1-2-4-22-15-17-32-18-16-22/h5-18,20H,1-4,19H2/b14-9+. The fraction of sp³-hybridized carbons (Fsp3) is 0.214. The van der Waals surface area contributed by atoms with Gasteiger partial charge in [0.05, 0.1) is 5.56 Å². The summed E-state index contributed by atoms with van der Waals surface area (Å²) in [5.74, 6) is 1.10. The van der Waals surface area contributed by atoms with Gasteiger partial charge in [-0.3, -0.25) is 4.98 Å². The van der Waals surface area contributed by atoms with E-state index in [1.54, 1.807) is 12.2 Å². The summed E-state index contributed by atoms with van der Waals surface area (Å²) in [6.07, 6.45) is 8.38. The van der Waals surface area contributed by atoms with E-state index in [-0.39, 0.29) is 6.61 Å². The van der Waals surface area contributed by atoms with Crippen molar-refractivity contribution >= 4 is 12.2 Å². The second-order valence-corrected chi connectivity index (χ2v) is 8.13. The maximum absolute atomic E-state index is 12.6. The Morgan fingerprint density at radius 2 is 1.46 bits per heavy atom. The first-order chi connectivity index (χ1) is 17.0. The van der Waals surface area contributed by atoms with Gasteiger partial charge in [-0.05, 0) is 84.8 Å². The molecule has 0 saturated heterocycles. The van der Waals surface area contributed by atoms with E-state index in [4.69, 9.17) is 9.15 Å². The summed E-state index contributed by atoms with van der Waals surface area (Å²) in [5, 5.41) is 0. The number of aromatic nitrogens is 2. The summed E-state index contributed by atoms with van der Waals surface area (Å²) in [4.78, 5) is 8.37. The molecule has 0 N–H and O–H groups in total. The molecule has 4 aromatic rings. The molecule has 0 spiro atoms. The van der Waals surface area contributed by atoms with Gasteiger partial charge in [-0.15, -0.1) is 0 Å². The van der Waals surface area contributed by atoms with Crippen LogP contribution in [0, 0.1) is 0 Å². The predicted octanol–water partition coefficient (Wildman–Crippen LogP) is 7.40. The molecule has 0 unspecified atom stereocenters. The number of halogens is 3. The average Bonchev–Trinajstić information content (AvgIpc) is 3.33. The SMILES string of the molecule is FC(F)(F)c1ccc(/C=C/c2nc(COc3ccc(CCCCc4ccncc4)cc3)co2)cc1. The lowest BCUT2D eigenvalue weighted by Gasteiger charge is -2.06. The lowest BCUT2D eigenvalue weighted by Crippen LogP contribution is -2.03. The van der Waals surface area contributed by atoms with Crippen LogP contribution < -0.4 is 4.74 Å². The molecule has 4 rings (SSSR count). The molecule has 0 amide bonds. The molecule has 0 aliphatic rings. The van der Waals surface area contributed by atoms with Crippen LogP contribution in [0.15, 0.2) is 83.7 Å². The van der Waals surface area contributed by atoms with Crippen molar-refractivity contribution in [1.29, 1.82) is 0 Å². The van der Waals surface area contributed by atoms with Gasteiger partial charge in [-0.2, -0.15) is 13.2 Å². The molecule has 2 heterocycles. The molecule has 7 heteroatoms. The van der Waals surface area contributed by atoms with Crippen molar-refractivity contribution in [3.8, 4) is 5.75 Å². The first kappa shape index (κ1) is 24.3. The first-order valence-electron chi connectivity index (χ1n) is 11.4. The largest absolute Gasteiger partial charge is 0.487 e. The highest BCUT2D eigenvalue weighted by atomic mass is 19.4. The molecule has 35 heavy (non-hydrogen) atoms. The molecule has 0 bridgehead atoms. The van der Waals surface area contributed by atoms with Crippen LogP contribution in [0.5, 0.6) is 5.75 Å². The Morgan fingerprint density at radius 3 is 2.11 bits per heavy atom. The van der Waals surface area contributed by atoms with Gasteiger partial charge in [0.1, 0.15) is 24.3 Å². The quantitative estimate of drug-likeness (QED) is 0.223. The topological polar surface area (TPSA) is 48.2 Å². The Kier molecular flexibility index (Phi) is 7.98.